The van der Waals surface area contributed by atoms with Crippen molar-refractivity contribution in [2.75, 3.05) is 25.0 Å². The van der Waals surface area contributed by atoms with Crippen molar-refractivity contribution in [1.82, 2.24) is 10.2 Å². The molecule has 0 heterocycles. The molecule has 0 saturated carbocycles. The minimum atomic E-state index is -4.19. The van der Waals surface area contributed by atoms with Crippen LogP contribution in [-0.4, -0.2) is 51.9 Å². The van der Waals surface area contributed by atoms with Gasteiger partial charge in [0.2, 0.25) is 11.8 Å². The summed E-state index contributed by atoms with van der Waals surface area (Å²) in [6.07, 6.45) is 0.226. The van der Waals surface area contributed by atoms with E-state index in [1.165, 1.54) is 31.2 Å². The number of hydrogen-bond acceptors (Lipinski definition) is 5. The molecule has 0 fully saturated rings. The number of carbonyl (C=O) groups is 2. The monoisotopic (exact) mass is 605 g/mol. The minimum Gasteiger partial charge on any atom is -0.497 e. The lowest BCUT2D eigenvalue weighted by Crippen LogP contribution is -2.53. The zero-order valence-electron chi connectivity index (χ0n) is 23.3. The second kappa shape index (κ2) is 14.0. The van der Waals surface area contributed by atoms with Crippen LogP contribution >= 0.6 is 11.6 Å². The number of nitrogens with zero attached hydrogens (tertiary/aromatic N) is 2. The molecule has 1 atom stereocenters. The second-order valence-corrected chi connectivity index (χ2v) is 11.8. The quantitative estimate of drug-likeness (QED) is 0.247. The number of hydrogen-bond donors (Lipinski definition) is 1. The van der Waals surface area contributed by atoms with Crippen LogP contribution < -0.4 is 14.4 Å². The number of anilines is 1. The van der Waals surface area contributed by atoms with Crippen LogP contribution in [0.1, 0.15) is 11.1 Å². The van der Waals surface area contributed by atoms with Crippen molar-refractivity contribution in [2.24, 2.45) is 0 Å². The summed E-state index contributed by atoms with van der Waals surface area (Å²) in [4.78, 5) is 28.9. The molecule has 10 heteroatoms. The number of benzene rings is 4. The fraction of sp³-hybridized carbons (Fsp3) is 0.188. The number of ether oxygens (including phenoxy) is 1. The van der Waals surface area contributed by atoms with Gasteiger partial charge in [-0.25, -0.2) is 8.42 Å². The molecular formula is C32H32ClN3O5S. The molecule has 0 unspecified atom stereocenters. The number of amides is 2. The van der Waals surface area contributed by atoms with E-state index in [4.69, 9.17) is 16.3 Å². The highest BCUT2D eigenvalue weighted by Gasteiger charge is 2.34. The van der Waals surface area contributed by atoms with E-state index in [2.05, 4.69) is 5.32 Å². The lowest BCUT2D eigenvalue weighted by Gasteiger charge is -2.33. The lowest BCUT2D eigenvalue weighted by molar-refractivity contribution is -0.139. The van der Waals surface area contributed by atoms with Gasteiger partial charge in [-0.1, -0.05) is 72.3 Å². The smallest absolute Gasteiger partial charge is 0.264 e. The molecule has 8 nitrogen and oxygen atoms in total. The minimum absolute atomic E-state index is 0.00604. The summed E-state index contributed by atoms with van der Waals surface area (Å²) in [5.41, 5.74) is 1.85. The molecule has 4 rings (SSSR count). The van der Waals surface area contributed by atoms with Gasteiger partial charge in [0.15, 0.2) is 0 Å². The van der Waals surface area contributed by atoms with Crippen molar-refractivity contribution >= 4 is 39.1 Å². The molecule has 4 aromatic carbocycles. The summed E-state index contributed by atoms with van der Waals surface area (Å²) in [5, 5.41) is 3.15. The number of methoxy groups -OCH3 is 1. The highest BCUT2D eigenvalue weighted by molar-refractivity contribution is 7.92. The molecule has 0 aliphatic rings. The Bertz CT molecular complexity index is 1600. The first-order valence-corrected chi connectivity index (χ1v) is 15.1. The number of sulfonamides is 1. The molecule has 0 radical (unpaired) electrons. The predicted octanol–water partition coefficient (Wildman–Crippen LogP) is 4.93. The molecule has 0 aliphatic carbocycles. The molecule has 0 spiro atoms. The van der Waals surface area contributed by atoms with E-state index in [0.29, 0.717) is 22.0 Å². The number of carbonyl (C=O) groups excluding carboxylic acids is 2. The molecule has 0 bridgehead atoms. The predicted molar refractivity (Wildman–Crippen MR) is 164 cm³/mol. The van der Waals surface area contributed by atoms with E-state index in [-0.39, 0.29) is 23.8 Å². The third kappa shape index (κ3) is 7.48. The number of likely N-dealkylation sites (N-methyl/N-ethyl adjacent to an activating group) is 1. The van der Waals surface area contributed by atoms with Gasteiger partial charge in [-0.2, -0.15) is 0 Å². The largest absolute Gasteiger partial charge is 0.497 e. The average Bonchev–Trinajstić information content (AvgIpc) is 3.02. The van der Waals surface area contributed by atoms with Gasteiger partial charge < -0.3 is 15.0 Å². The number of rotatable bonds is 12. The Morgan fingerprint density at radius 1 is 0.857 bits per heavy atom. The Balaban J connectivity index is 1.76. The summed E-state index contributed by atoms with van der Waals surface area (Å²) in [6.45, 7) is -0.503. The van der Waals surface area contributed by atoms with Crippen molar-refractivity contribution in [3.05, 3.63) is 125 Å². The fourth-order valence-corrected chi connectivity index (χ4v) is 6.18. The van der Waals surface area contributed by atoms with E-state index < -0.39 is 28.5 Å². The lowest BCUT2D eigenvalue weighted by atomic mass is 10.0. The van der Waals surface area contributed by atoms with E-state index >= 15 is 0 Å². The van der Waals surface area contributed by atoms with Crippen molar-refractivity contribution in [3.63, 3.8) is 0 Å². The first kappa shape index (κ1) is 30.6. The van der Waals surface area contributed by atoms with Crippen LogP contribution in [0.25, 0.3) is 0 Å². The molecule has 0 aliphatic heterocycles. The van der Waals surface area contributed by atoms with Crippen LogP contribution in [0.5, 0.6) is 5.75 Å². The second-order valence-electron chi connectivity index (χ2n) is 9.49. The van der Waals surface area contributed by atoms with Gasteiger partial charge in [0.05, 0.1) is 17.7 Å². The highest BCUT2D eigenvalue weighted by atomic mass is 35.5. The third-order valence-electron chi connectivity index (χ3n) is 6.73. The zero-order chi connectivity index (χ0) is 30.1. The molecule has 4 aromatic rings. The first-order chi connectivity index (χ1) is 20.2. The Hall–Kier alpha value is -4.34. The van der Waals surface area contributed by atoms with Crippen LogP contribution in [0.2, 0.25) is 5.02 Å². The average molecular weight is 606 g/mol. The molecule has 0 aromatic heterocycles. The zero-order valence-corrected chi connectivity index (χ0v) is 24.9. The van der Waals surface area contributed by atoms with E-state index in [1.54, 1.807) is 66.7 Å². The van der Waals surface area contributed by atoms with Crippen molar-refractivity contribution in [1.29, 1.82) is 0 Å². The summed E-state index contributed by atoms with van der Waals surface area (Å²) in [6, 6.07) is 29.8. The number of halogens is 1. The van der Waals surface area contributed by atoms with Crippen LogP contribution in [0.3, 0.4) is 0 Å². The Morgan fingerprint density at radius 2 is 1.48 bits per heavy atom. The van der Waals surface area contributed by atoms with Gasteiger partial charge in [0.1, 0.15) is 18.3 Å². The van der Waals surface area contributed by atoms with Crippen LogP contribution in [0.15, 0.2) is 114 Å². The van der Waals surface area contributed by atoms with Gasteiger partial charge in [0, 0.05) is 25.0 Å². The highest BCUT2D eigenvalue weighted by Crippen LogP contribution is 2.26. The maximum Gasteiger partial charge on any atom is 0.264 e. The molecule has 1 N–H and O–H groups in total. The third-order valence-corrected chi connectivity index (χ3v) is 8.75. The van der Waals surface area contributed by atoms with Crippen LogP contribution in [-0.2, 0) is 32.6 Å². The Morgan fingerprint density at radius 3 is 2.07 bits per heavy atom. The fourth-order valence-electron chi connectivity index (χ4n) is 4.55. The van der Waals surface area contributed by atoms with E-state index in [0.717, 1.165) is 9.87 Å². The first-order valence-electron chi connectivity index (χ1n) is 13.2. The van der Waals surface area contributed by atoms with Gasteiger partial charge in [-0.05, 0) is 59.7 Å². The summed E-state index contributed by atoms with van der Waals surface area (Å²) >= 11 is 6.24. The van der Waals surface area contributed by atoms with Crippen molar-refractivity contribution in [2.45, 2.75) is 23.9 Å². The van der Waals surface area contributed by atoms with E-state index in [9.17, 15) is 18.0 Å². The summed E-state index contributed by atoms with van der Waals surface area (Å²) in [7, 11) is -1.19. The van der Waals surface area contributed by atoms with Gasteiger partial charge in [-0.3, -0.25) is 13.9 Å². The Kier molecular flexibility index (Phi) is 10.2. The molecule has 42 heavy (non-hydrogen) atoms. The molecular weight excluding hydrogens is 574 g/mol. The SMILES string of the molecule is CNC(=O)[C@@H](Cc1ccccc1)N(Cc1cccc(Cl)c1)C(=O)CN(c1ccccc1)S(=O)(=O)c1ccc(OC)cc1. The number of nitrogens with one attached hydrogen (secondary N) is 1. The maximum atomic E-state index is 14.2. The summed E-state index contributed by atoms with van der Waals surface area (Å²) < 4.78 is 34.2. The number of para-hydroxylation sites is 1. The molecule has 2 amide bonds. The topological polar surface area (TPSA) is 96.0 Å². The van der Waals surface area contributed by atoms with Gasteiger partial charge in [0.25, 0.3) is 10.0 Å². The van der Waals surface area contributed by atoms with Gasteiger partial charge in [-0.15, -0.1) is 0 Å². The molecule has 0 saturated heterocycles. The summed E-state index contributed by atoms with van der Waals surface area (Å²) in [5.74, 6) is -0.433. The van der Waals surface area contributed by atoms with Crippen LogP contribution in [0.4, 0.5) is 5.69 Å². The Labute approximate surface area is 251 Å². The molecule has 218 valence electrons. The van der Waals surface area contributed by atoms with Crippen molar-refractivity contribution < 1.29 is 22.7 Å². The van der Waals surface area contributed by atoms with Crippen LogP contribution in [0, 0.1) is 0 Å². The van der Waals surface area contributed by atoms with Crippen molar-refractivity contribution in [3.8, 4) is 5.75 Å². The van der Waals surface area contributed by atoms with Gasteiger partial charge >= 0.3 is 0 Å². The normalized spacial score (nSPS) is 11.8. The maximum absolute atomic E-state index is 14.2. The standard InChI is InChI=1S/C32H32ClN3O5S/c1-34-32(38)30(21-24-10-5-3-6-11-24)35(22-25-12-9-13-26(33)20-25)31(37)23-36(27-14-7-4-8-15-27)42(39,40)29-18-16-28(41-2)17-19-29/h3-20,30H,21-23H2,1-2H3,(H,34,38)/t30-/m1/s1. The van der Waals surface area contributed by atoms with E-state index in [1.807, 2.05) is 30.3 Å².